The Labute approximate surface area is 194 Å². The van der Waals surface area contributed by atoms with Gasteiger partial charge in [-0.2, -0.15) is 0 Å². The summed E-state index contributed by atoms with van der Waals surface area (Å²) in [5.74, 6) is 2.33. The standard InChI is InChI=1S/C25H32N4O2S/c1-5-29-23(16-31-22-15-19(4)11-12-21(22)18(2)3)27-28-25(29)32-17-24(30)26-14-13-20-9-7-6-8-10-20/h6-12,15,18H,5,13-14,16-17H2,1-4H3,(H,26,30). The van der Waals surface area contributed by atoms with Crippen LogP contribution in [0, 0.1) is 6.92 Å². The maximum absolute atomic E-state index is 12.2. The molecule has 3 rings (SSSR count). The first-order chi connectivity index (χ1) is 15.5. The Morgan fingerprint density at radius 2 is 1.94 bits per heavy atom. The zero-order chi connectivity index (χ0) is 22.9. The summed E-state index contributed by atoms with van der Waals surface area (Å²) in [6.45, 7) is 10.1. The molecule has 0 spiro atoms. The van der Waals surface area contributed by atoms with Gasteiger partial charge in [-0.1, -0.05) is 68.1 Å². The second-order valence-electron chi connectivity index (χ2n) is 8.00. The normalized spacial score (nSPS) is 11.0. The van der Waals surface area contributed by atoms with Crippen LogP contribution in [-0.4, -0.2) is 33.0 Å². The molecule has 3 aromatic rings. The number of thioether (sulfide) groups is 1. The minimum Gasteiger partial charge on any atom is -0.485 e. The summed E-state index contributed by atoms with van der Waals surface area (Å²) in [4.78, 5) is 12.2. The number of carbonyl (C=O) groups is 1. The van der Waals surface area contributed by atoms with Crippen molar-refractivity contribution in [1.29, 1.82) is 0 Å². The SMILES string of the molecule is CCn1c(COc2cc(C)ccc2C(C)C)nnc1SCC(=O)NCCc1ccccc1. The third-order valence-electron chi connectivity index (χ3n) is 5.17. The second-order valence-corrected chi connectivity index (χ2v) is 8.94. The third-order valence-corrected chi connectivity index (χ3v) is 6.14. The Morgan fingerprint density at radius 3 is 2.66 bits per heavy atom. The van der Waals surface area contributed by atoms with E-state index in [1.54, 1.807) is 0 Å². The van der Waals surface area contributed by atoms with Crippen molar-refractivity contribution < 1.29 is 9.53 Å². The van der Waals surface area contributed by atoms with Gasteiger partial charge in [-0.25, -0.2) is 0 Å². The number of aryl methyl sites for hydroxylation is 1. The number of hydrogen-bond donors (Lipinski definition) is 1. The quantitative estimate of drug-likeness (QED) is 0.425. The van der Waals surface area contributed by atoms with Crippen LogP contribution in [-0.2, 0) is 24.4 Å². The number of nitrogens with zero attached hydrogens (tertiary/aromatic N) is 3. The van der Waals surface area contributed by atoms with Gasteiger partial charge in [-0.15, -0.1) is 10.2 Å². The molecule has 2 aromatic carbocycles. The number of rotatable bonds is 11. The number of benzene rings is 2. The van der Waals surface area contributed by atoms with Gasteiger partial charge in [-0.3, -0.25) is 4.79 Å². The molecule has 0 aliphatic heterocycles. The van der Waals surface area contributed by atoms with E-state index in [0.29, 0.717) is 31.4 Å². The molecule has 1 amide bonds. The first kappa shape index (κ1) is 23.9. The van der Waals surface area contributed by atoms with Crippen molar-refractivity contribution in [1.82, 2.24) is 20.1 Å². The summed E-state index contributed by atoms with van der Waals surface area (Å²) in [6, 6.07) is 16.4. The summed E-state index contributed by atoms with van der Waals surface area (Å²) >= 11 is 1.40. The molecule has 0 atom stereocenters. The van der Waals surface area contributed by atoms with Gasteiger partial charge in [0.15, 0.2) is 11.0 Å². The van der Waals surface area contributed by atoms with Crippen LogP contribution in [0.25, 0.3) is 0 Å². The fraction of sp³-hybridized carbons (Fsp3) is 0.400. The Kier molecular flexibility index (Phi) is 8.73. The van der Waals surface area contributed by atoms with Crippen LogP contribution in [0.4, 0.5) is 0 Å². The van der Waals surface area contributed by atoms with Crippen molar-refractivity contribution in [3.05, 3.63) is 71.0 Å². The number of aromatic nitrogens is 3. The molecule has 0 aliphatic carbocycles. The lowest BCUT2D eigenvalue weighted by Gasteiger charge is -2.15. The molecular formula is C25H32N4O2S. The van der Waals surface area contributed by atoms with Crippen LogP contribution in [0.15, 0.2) is 53.7 Å². The molecule has 0 bridgehead atoms. The second kappa shape index (κ2) is 11.7. The van der Waals surface area contributed by atoms with Gasteiger partial charge in [-0.05, 0) is 48.9 Å². The van der Waals surface area contributed by atoms with Crippen LogP contribution >= 0.6 is 11.8 Å². The lowest BCUT2D eigenvalue weighted by molar-refractivity contribution is -0.118. The van der Waals surface area contributed by atoms with Crippen LogP contribution in [0.2, 0.25) is 0 Å². The van der Waals surface area contributed by atoms with Crippen molar-refractivity contribution in [2.45, 2.75) is 58.3 Å². The summed E-state index contributed by atoms with van der Waals surface area (Å²) in [5.41, 5.74) is 3.56. The minimum absolute atomic E-state index is 0.00396. The highest BCUT2D eigenvalue weighted by molar-refractivity contribution is 7.99. The molecule has 0 radical (unpaired) electrons. The first-order valence-electron chi connectivity index (χ1n) is 11.1. The zero-order valence-electron chi connectivity index (χ0n) is 19.3. The molecule has 0 saturated carbocycles. The Hall–Kier alpha value is -2.80. The molecule has 0 unspecified atom stereocenters. The van der Waals surface area contributed by atoms with Gasteiger partial charge in [0.1, 0.15) is 12.4 Å². The van der Waals surface area contributed by atoms with Crippen molar-refractivity contribution in [2.24, 2.45) is 0 Å². The Bertz CT molecular complexity index is 1020. The van der Waals surface area contributed by atoms with Crippen molar-refractivity contribution in [3.8, 4) is 5.75 Å². The third kappa shape index (κ3) is 6.60. The van der Waals surface area contributed by atoms with E-state index < -0.39 is 0 Å². The van der Waals surface area contributed by atoms with E-state index in [1.807, 2.05) is 29.7 Å². The highest BCUT2D eigenvalue weighted by Gasteiger charge is 2.15. The number of ether oxygens (including phenoxy) is 1. The lowest BCUT2D eigenvalue weighted by atomic mass is 10.0. The largest absolute Gasteiger partial charge is 0.485 e. The van der Waals surface area contributed by atoms with E-state index >= 15 is 0 Å². The van der Waals surface area contributed by atoms with Crippen molar-refractivity contribution >= 4 is 17.7 Å². The predicted molar refractivity (Wildman–Crippen MR) is 129 cm³/mol. The van der Waals surface area contributed by atoms with Gasteiger partial charge in [0.25, 0.3) is 0 Å². The zero-order valence-corrected chi connectivity index (χ0v) is 20.1. The average molecular weight is 453 g/mol. The van der Waals surface area contributed by atoms with Gasteiger partial charge in [0.05, 0.1) is 5.75 Å². The summed E-state index contributed by atoms with van der Waals surface area (Å²) in [5, 5.41) is 12.3. The summed E-state index contributed by atoms with van der Waals surface area (Å²) in [7, 11) is 0. The van der Waals surface area contributed by atoms with Crippen LogP contribution in [0.3, 0.4) is 0 Å². The molecular weight excluding hydrogens is 420 g/mol. The van der Waals surface area contributed by atoms with Crippen molar-refractivity contribution in [2.75, 3.05) is 12.3 Å². The average Bonchev–Trinajstić information content (AvgIpc) is 3.18. The van der Waals surface area contributed by atoms with Crippen LogP contribution in [0.5, 0.6) is 5.75 Å². The molecule has 1 heterocycles. The lowest BCUT2D eigenvalue weighted by Crippen LogP contribution is -2.27. The summed E-state index contributed by atoms with van der Waals surface area (Å²) in [6.07, 6.45) is 0.821. The van der Waals surface area contributed by atoms with Gasteiger partial charge in [0.2, 0.25) is 5.91 Å². The highest BCUT2D eigenvalue weighted by atomic mass is 32.2. The number of hydrogen-bond acceptors (Lipinski definition) is 5. The molecule has 170 valence electrons. The Morgan fingerprint density at radius 1 is 1.16 bits per heavy atom. The van der Waals surface area contributed by atoms with Gasteiger partial charge >= 0.3 is 0 Å². The molecule has 0 saturated heterocycles. The fourth-order valence-electron chi connectivity index (χ4n) is 3.41. The molecule has 1 aromatic heterocycles. The highest BCUT2D eigenvalue weighted by Crippen LogP contribution is 2.28. The van der Waals surface area contributed by atoms with E-state index in [2.05, 4.69) is 66.6 Å². The predicted octanol–water partition coefficient (Wildman–Crippen LogP) is 4.76. The van der Waals surface area contributed by atoms with Gasteiger partial charge < -0.3 is 14.6 Å². The smallest absolute Gasteiger partial charge is 0.230 e. The van der Waals surface area contributed by atoms with E-state index in [-0.39, 0.29) is 5.91 Å². The van der Waals surface area contributed by atoms with E-state index in [9.17, 15) is 4.79 Å². The van der Waals surface area contributed by atoms with Gasteiger partial charge in [0, 0.05) is 13.1 Å². The maximum atomic E-state index is 12.2. The molecule has 0 fully saturated rings. The number of nitrogens with one attached hydrogen (secondary N) is 1. The van der Waals surface area contributed by atoms with Crippen LogP contribution in [0.1, 0.15) is 49.2 Å². The molecule has 32 heavy (non-hydrogen) atoms. The van der Waals surface area contributed by atoms with E-state index in [4.69, 9.17) is 4.74 Å². The first-order valence-corrected chi connectivity index (χ1v) is 12.0. The summed E-state index contributed by atoms with van der Waals surface area (Å²) < 4.78 is 8.14. The minimum atomic E-state index is -0.00396. The van der Waals surface area contributed by atoms with E-state index in [0.717, 1.165) is 28.7 Å². The fourth-order valence-corrected chi connectivity index (χ4v) is 4.26. The molecule has 7 heteroatoms. The van der Waals surface area contributed by atoms with Crippen molar-refractivity contribution in [3.63, 3.8) is 0 Å². The topological polar surface area (TPSA) is 69.0 Å². The number of amides is 1. The monoisotopic (exact) mass is 452 g/mol. The number of carbonyl (C=O) groups excluding carboxylic acids is 1. The van der Waals surface area contributed by atoms with Crippen LogP contribution < -0.4 is 10.1 Å². The van der Waals surface area contributed by atoms with E-state index in [1.165, 1.54) is 22.9 Å². The Balaban J connectivity index is 1.53. The molecule has 6 nitrogen and oxygen atoms in total. The molecule has 0 aliphatic rings. The maximum Gasteiger partial charge on any atom is 0.230 e. The molecule has 1 N–H and O–H groups in total.